The standard InChI is InChI=1S/C21H24ClN3O3/c22-16-2-1-3-18(14-16)25-10-8-24(9-11-25)7-6-21(26)23-17-4-5-19-20(15-17)28-13-12-27-19/h1-5,14-15H,6-13H2,(H,23,26). The van der Waals surface area contributed by atoms with Gasteiger partial charge in [-0.25, -0.2) is 0 Å². The number of anilines is 2. The van der Waals surface area contributed by atoms with Crippen molar-refractivity contribution in [2.45, 2.75) is 6.42 Å². The molecule has 2 aliphatic heterocycles. The molecule has 1 saturated heterocycles. The van der Waals surface area contributed by atoms with Crippen molar-refractivity contribution in [3.8, 4) is 11.5 Å². The molecule has 6 nitrogen and oxygen atoms in total. The van der Waals surface area contributed by atoms with E-state index in [2.05, 4.69) is 21.2 Å². The summed E-state index contributed by atoms with van der Waals surface area (Å²) in [6.45, 7) is 5.58. The van der Waals surface area contributed by atoms with Gasteiger partial charge in [-0.1, -0.05) is 17.7 Å². The number of amides is 1. The number of carbonyl (C=O) groups is 1. The second kappa shape index (κ2) is 8.71. The summed E-state index contributed by atoms with van der Waals surface area (Å²) in [5, 5.41) is 3.71. The van der Waals surface area contributed by atoms with Crippen LogP contribution in [0.15, 0.2) is 42.5 Å². The van der Waals surface area contributed by atoms with Crippen LogP contribution < -0.4 is 19.7 Å². The fourth-order valence-corrected chi connectivity index (χ4v) is 3.69. The van der Waals surface area contributed by atoms with Crippen molar-refractivity contribution in [3.63, 3.8) is 0 Å². The molecule has 1 fully saturated rings. The van der Waals surface area contributed by atoms with Crippen LogP contribution in [-0.4, -0.2) is 56.7 Å². The minimum Gasteiger partial charge on any atom is -0.486 e. The van der Waals surface area contributed by atoms with Gasteiger partial charge in [-0.05, 0) is 30.3 Å². The van der Waals surface area contributed by atoms with Crippen LogP contribution in [0.25, 0.3) is 0 Å². The SMILES string of the molecule is O=C(CCN1CCN(c2cccc(Cl)c2)CC1)Nc1ccc2c(c1)OCCO2. The van der Waals surface area contributed by atoms with Gasteiger partial charge in [0.1, 0.15) is 13.2 Å². The maximum absolute atomic E-state index is 12.3. The summed E-state index contributed by atoms with van der Waals surface area (Å²) in [4.78, 5) is 17.0. The summed E-state index contributed by atoms with van der Waals surface area (Å²) in [5.41, 5.74) is 1.89. The molecule has 4 rings (SSSR count). The highest BCUT2D eigenvalue weighted by Gasteiger charge is 2.18. The van der Waals surface area contributed by atoms with Crippen molar-refractivity contribution in [1.82, 2.24) is 4.90 Å². The first kappa shape index (κ1) is 18.9. The Bertz CT molecular complexity index is 837. The number of ether oxygens (including phenoxy) is 2. The van der Waals surface area contributed by atoms with Gasteiger partial charge in [0.2, 0.25) is 5.91 Å². The zero-order chi connectivity index (χ0) is 19.3. The van der Waals surface area contributed by atoms with Gasteiger partial charge < -0.3 is 19.7 Å². The number of benzene rings is 2. The van der Waals surface area contributed by atoms with Crippen LogP contribution in [0.2, 0.25) is 5.02 Å². The molecule has 28 heavy (non-hydrogen) atoms. The predicted molar refractivity (Wildman–Crippen MR) is 111 cm³/mol. The molecule has 0 radical (unpaired) electrons. The van der Waals surface area contributed by atoms with E-state index in [0.29, 0.717) is 25.4 Å². The van der Waals surface area contributed by atoms with Gasteiger partial charge in [0.25, 0.3) is 0 Å². The van der Waals surface area contributed by atoms with E-state index < -0.39 is 0 Å². The zero-order valence-corrected chi connectivity index (χ0v) is 16.5. The second-order valence-electron chi connectivity index (χ2n) is 6.97. The van der Waals surface area contributed by atoms with Gasteiger partial charge in [0, 0.05) is 61.6 Å². The van der Waals surface area contributed by atoms with Crippen molar-refractivity contribution >= 4 is 28.9 Å². The fraction of sp³-hybridized carbons (Fsp3) is 0.381. The van der Waals surface area contributed by atoms with Crippen molar-refractivity contribution in [2.24, 2.45) is 0 Å². The van der Waals surface area contributed by atoms with E-state index in [4.69, 9.17) is 21.1 Å². The van der Waals surface area contributed by atoms with Crippen LogP contribution in [0, 0.1) is 0 Å². The topological polar surface area (TPSA) is 54.0 Å². The molecule has 1 N–H and O–H groups in total. The summed E-state index contributed by atoms with van der Waals surface area (Å²) in [6.07, 6.45) is 0.464. The van der Waals surface area contributed by atoms with E-state index in [0.717, 1.165) is 54.9 Å². The van der Waals surface area contributed by atoms with Gasteiger partial charge in [-0.2, -0.15) is 0 Å². The average Bonchev–Trinajstić information content (AvgIpc) is 2.72. The number of hydrogen-bond acceptors (Lipinski definition) is 5. The van der Waals surface area contributed by atoms with E-state index in [-0.39, 0.29) is 5.91 Å². The fourth-order valence-electron chi connectivity index (χ4n) is 3.51. The molecule has 0 bridgehead atoms. The van der Waals surface area contributed by atoms with E-state index >= 15 is 0 Å². The van der Waals surface area contributed by atoms with Gasteiger partial charge in [0.05, 0.1) is 0 Å². The first-order valence-corrected chi connectivity index (χ1v) is 9.97. The lowest BCUT2D eigenvalue weighted by atomic mass is 10.2. The van der Waals surface area contributed by atoms with E-state index in [9.17, 15) is 4.79 Å². The van der Waals surface area contributed by atoms with Crippen LogP contribution in [0.3, 0.4) is 0 Å². The Hall–Kier alpha value is -2.44. The lowest BCUT2D eigenvalue weighted by Gasteiger charge is -2.36. The first-order chi connectivity index (χ1) is 13.7. The Morgan fingerprint density at radius 2 is 1.79 bits per heavy atom. The molecule has 2 aliphatic rings. The quantitative estimate of drug-likeness (QED) is 0.833. The molecule has 2 aromatic rings. The Morgan fingerprint density at radius 1 is 1.00 bits per heavy atom. The summed E-state index contributed by atoms with van der Waals surface area (Å²) < 4.78 is 11.1. The van der Waals surface area contributed by atoms with Crippen molar-refractivity contribution < 1.29 is 14.3 Å². The highest BCUT2D eigenvalue weighted by atomic mass is 35.5. The average molecular weight is 402 g/mol. The zero-order valence-electron chi connectivity index (χ0n) is 15.7. The molecule has 0 aromatic heterocycles. The molecular weight excluding hydrogens is 378 g/mol. The summed E-state index contributed by atoms with van der Waals surface area (Å²) in [5.74, 6) is 1.41. The van der Waals surface area contributed by atoms with Crippen LogP contribution in [0.5, 0.6) is 11.5 Å². The maximum Gasteiger partial charge on any atom is 0.225 e. The van der Waals surface area contributed by atoms with Gasteiger partial charge in [0.15, 0.2) is 11.5 Å². The molecule has 0 aliphatic carbocycles. The molecule has 0 atom stereocenters. The first-order valence-electron chi connectivity index (χ1n) is 9.60. The van der Waals surface area contributed by atoms with Gasteiger partial charge in [-0.3, -0.25) is 9.69 Å². The number of nitrogens with one attached hydrogen (secondary N) is 1. The van der Waals surface area contributed by atoms with Crippen molar-refractivity contribution in [3.05, 3.63) is 47.5 Å². The van der Waals surface area contributed by atoms with E-state index in [1.54, 1.807) is 0 Å². The highest BCUT2D eigenvalue weighted by Crippen LogP contribution is 2.32. The number of nitrogens with zero attached hydrogens (tertiary/aromatic N) is 2. The summed E-state index contributed by atoms with van der Waals surface area (Å²) >= 11 is 6.09. The largest absolute Gasteiger partial charge is 0.486 e. The Balaban J connectivity index is 1.22. The Labute approximate surface area is 170 Å². The third-order valence-electron chi connectivity index (χ3n) is 5.03. The van der Waals surface area contributed by atoms with Gasteiger partial charge >= 0.3 is 0 Å². The number of rotatable bonds is 5. The minimum absolute atomic E-state index is 0.00829. The normalized spacial score (nSPS) is 16.7. The molecule has 2 heterocycles. The Kier molecular flexibility index (Phi) is 5.88. The molecule has 0 unspecified atom stereocenters. The van der Waals surface area contributed by atoms with E-state index in [1.807, 2.05) is 36.4 Å². The molecule has 0 saturated carbocycles. The monoisotopic (exact) mass is 401 g/mol. The number of hydrogen-bond donors (Lipinski definition) is 1. The second-order valence-corrected chi connectivity index (χ2v) is 7.40. The van der Waals surface area contributed by atoms with Crippen molar-refractivity contribution in [2.75, 3.05) is 56.2 Å². The molecule has 7 heteroatoms. The number of piperazine rings is 1. The minimum atomic E-state index is 0.00829. The highest BCUT2D eigenvalue weighted by molar-refractivity contribution is 6.30. The van der Waals surface area contributed by atoms with Crippen LogP contribution >= 0.6 is 11.6 Å². The smallest absolute Gasteiger partial charge is 0.225 e. The number of halogens is 1. The van der Waals surface area contributed by atoms with Crippen LogP contribution in [0.4, 0.5) is 11.4 Å². The van der Waals surface area contributed by atoms with Gasteiger partial charge in [-0.15, -0.1) is 0 Å². The lowest BCUT2D eigenvalue weighted by Crippen LogP contribution is -2.47. The molecule has 1 amide bonds. The number of fused-ring (bicyclic) bond motifs is 1. The maximum atomic E-state index is 12.3. The predicted octanol–water partition coefficient (Wildman–Crippen LogP) is 3.26. The molecule has 148 valence electrons. The van der Waals surface area contributed by atoms with Crippen LogP contribution in [0.1, 0.15) is 6.42 Å². The van der Waals surface area contributed by atoms with Crippen LogP contribution in [-0.2, 0) is 4.79 Å². The molecule has 2 aromatic carbocycles. The lowest BCUT2D eigenvalue weighted by molar-refractivity contribution is -0.116. The van der Waals surface area contributed by atoms with E-state index in [1.165, 1.54) is 0 Å². The molecular formula is C21H24ClN3O3. The third-order valence-corrected chi connectivity index (χ3v) is 5.26. The summed E-state index contributed by atoms with van der Waals surface area (Å²) in [7, 11) is 0. The third kappa shape index (κ3) is 4.69. The number of carbonyl (C=O) groups excluding carboxylic acids is 1. The molecule has 0 spiro atoms. The van der Waals surface area contributed by atoms with Crippen molar-refractivity contribution in [1.29, 1.82) is 0 Å². The summed E-state index contributed by atoms with van der Waals surface area (Å²) in [6, 6.07) is 13.4. The Morgan fingerprint density at radius 3 is 2.57 bits per heavy atom.